The molecule has 0 aromatic rings. The summed E-state index contributed by atoms with van der Waals surface area (Å²) in [5.41, 5.74) is 0. The van der Waals surface area contributed by atoms with E-state index < -0.39 is 20.8 Å². The topological polar surface area (TPSA) is 105 Å². The van der Waals surface area contributed by atoms with E-state index in [1.54, 1.807) is 0 Å². The molecule has 0 unspecified atom stereocenters. The monoisotopic (exact) mass is 799 g/mol. The summed E-state index contributed by atoms with van der Waals surface area (Å²) in [4.78, 5) is 0. The fourth-order valence-electron chi connectivity index (χ4n) is 5.60. The Kier molecular flexibility index (Phi) is 55.7. The second-order valence-corrected chi connectivity index (χ2v) is 16.1. The van der Waals surface area contributed by atoms with Gasteiger partial charge in [0.15, 0.2) is 0 Å². The molecule has 0 fully saturated rings. The van der Waals surface area contributed by atoms with Crippen LogP contribution in [0.4, 0.5) is 0 Å². The molecule has 2 radical (unpaired) electrons. The minimum absolute atomic E-state index is 0. The first-order valence-corrected chi connectivity index (χ1v) is 23.2. The van der Waals surface area contributed by atoms with Gasteiger partial charge in [0.1, 0.15) is 0 Å². The van der Waals surface area contributed by atoms with Crippen LogP contribution in [-0.4, -0.2) is 102 Å². The van der Waals surface area contributed by atoms with Crippen molar-refractivity contribution in [3.8, 4) is 0 Å². The molecule has 0 heterocycles. The minimum Gasteiger partial charge on any atom is -0.248 e. The average Bonchev–Trinajstić information content (AvgIpc) is 3.09. The maximum Gasteiger partial charge on any atom is 0.400 e. The molecule has 0 spiro atoms. The van der Waals surface area contributed by atoms with Crippen LogP contribution in [-0.2, 0) is 37.5 Å². The molecule has 0 aromatic carbocycles. The summed E-state index contributed by atoms with van der Waals surface area (Å²) < 4.78 is 63.5. The predicted octanol–water partition coefficient (Wildman–Crippen LogP) is 11.9. The molecular weight excluding hydrogens is 719 g/mol. The Morgan fingerprint density at radius 1 is 0.346 bits per heavy atom. The van der Waals surface area contributed by atoms with E-state index in [2.05, 4.69) is 35.4 Å². The van der Waals surface area contributed by atoms with Crippen molar-refractivity contribution in [3.63, 3.8) is 0 Å². The Hall–Kier alpha value is 1.22. The minimum atomic E-state index is -3.84. The van der Waals surface area contributed by atoms with Crippen LogP contribution in [0.1, 0.15) is 206 Å². The molecule has 0 aromatic heterocycles. The molecule has 8 nitrogen and oxygen atoms in total. The first-order valence-electron chi connectivity index (χ1n) is 20.5. The first kappa shape index (κ1) is 59.9. The van der Waals surface area contributed by atoms with Gasteiger partial charge in [0.25, 0.3) is 0 Å². The van der Waals surface area contributed by atoms with Gasteiger partial charge >= 0.3 is 20.8 Å². The SMILES string of the molecule is C=CCOS(=O)(=O)OCCCCCCCCCCCCCCCC.C=CCOS(=O)(=O)OCCCCCCCCCCCCCCCCCC.[Na].[Na]. The molecule has 0 rings (SSSR count). The van der Waals surface area contributed by atoms with Gasteiger partial charge in [-0.15, -0.1) is 13.2 Å². The molecule has 0 amide bonds. The predicted molar refractivity (Wildman–Crippen MR) is 223 cm³/mol. The molecule has 0 aliphatic rings. The molecule has 12 heteroatoms. The van der Waals surface area contributed by atoms with Crippen LogP contribution in [0.3, 0.4) is 0 Å². The maximum absolute atomic E-state index is 11.3. The molecule has 0 saturated carbocycles. The van der Waals surface area contributed by atoms with Crippen molar-refractivity contribution in [1.29, 1.82) is 0 Å². The van der Waals surface area contributed by atoms with Crippen LogP contribution in [0.15, 0.2) is 25.3 Å². The van der Waals surface area contributed by atoms with Gasteiger partial charge in [0.05, 0.1) is 26.4 Å². The normalized spacial score (nSPS) is 11.3. The molecule has 0 bridgehead atoms. The second-order valence-electron chi connectivity index (χ2n) is 13.5. The molecule has 0 atom stereocenters. The van der Waals surface area contributed by atoms with Gasteiger partial charge < -0.3 is 0 Å². The van der Waals surface area contributed by atoms with Crippen molar-refractivity contribution in [2.24, 2.45) is 0 Å². The van der Waals surface area contributed by atoms with Crippen LogP contribution >= 0.6 is 0 Å². The third-order valence-corrected chi connectivity index (χ3v) is 10.4. The van der Waals surface area contributed by atoms with E-state index in [9.17, 15) is 16.8 Å². The Morgan fingerprint density at radius 3 is 0.731 bits per heavy atom. The van der Waals surface area contributed by atoms with E-state index >= 15 is 0 Å². The van der Waals surface area contributed by atoms with E-state index in [1.807, 2.05) is 0 Å². The zero-order valence-corrected chi connectivity index (χ0v) is 40.3. The number of hydrogen-bond acceptors (Lipinski definition) is 8. The molecule has 0 aliphatic heterocycles. The van der Waals surface area contributed by atoms with Gasteiger partial charge in [0, 0.05) is 59.1 Å². The standard InChI is InChI=1S/C21H42O4S.C19H38O4S.2Na/c1-3-5-6-7-8-9-10-11-12-13-14-15-16-17-18-19-21-25-26(22,23)24-20-4-2;1-3-5-6-7-8-9-10-11-12-13-14-15-16-17-19-23-24(20,21)22-18-4-2;;/h4H,2-3,5-21H2,1H3;4H,2-3,5-19H2,1H3;;. The summed E-state index contributed by atoms with van der Waals surface area (Å²) in [5, 5.41) is 0. The van der Waals surface area contributed by atoms with Crippen LogP contribution < -0.4 is 0 Å². The quantitative estimate of drug-likeness (QED) is 0.0343. The van der Waals surface area contributed by atoms with Gasteiger partial charge in [-0.05, 0) is 12.8 Å². The van der Waals surface area contributed by atoms with E-state index in [0.29, 0.717) is 0 Å². The Morgan fingerprint density at radius 2 is 0.538 bits per heavy atom. The Balaban J connectivity index is -0.000000428. The van der Waals surface area contributed by atoms with Crippen molar-refractivity contribution in [2.75, 3.05) is 26.4 Å². The Bertz CT molecular complexity index is 919. The van der Waals surface area contributed by atoms with Crippen molar-refractivity contribution < 1.29 is 33.6 Å². The fraction of sp³-hybridized carbons (Fsp3) is 0.900. The summed E-state index contributed by atoms with van der Waals surface area (Å²) in [5.74, 6) is 0. The van der Waals surface area contributed by atoms with Gasteiger partial charge in [0.2, 0.25) is 0 Å². The summed E-state index contributed by atoms with van der Waals surface area (Å²) in [6.45, 7) is 11.7. The van der Waals surface area contributed by atoms with Gasteiger partial charge in [-0.2, -0.15) is 16.8 Å². The molecular formula is C40H80Na2O8S2. The number of hydrogen-bond donors (Lipinski definition) is 0. The third-order valence-electron chi connectivity index (χ3n) is 8.61. The summed E-state index contributed by atoms with van der Waals surface area (Å²) >= 11 is 0. The van der Waals surface area contributed by atoms with Gasteiger partial charge in [-0.25, -0.2) is 16.7 Å². The van der Waals surface area contributed by atoms with Crippen molar-refractivity contribution in [2.45, 2.75) is 206 Å². The first-order chi connectivity index (χ1) is 24.2. The van der Waals surface area contributed by atoms with Gasteiger partial charge in [-0.3, -0.25) is 0 Å². The van der Waals surface area contributed by atoms with Crippen molar-refractivity contribution >= 4 is 79.9 Å². The van der Waals surface area contributed by atoms with E-state index in [4.69, 9.17) is 8.37 Å². The molecule has 0 N–H and O–H groups in total. The van der Waals surface area contributed by atoms with Gasteiger partial charge in [-0.1, -0.05) is 206 Å². The average molecular weight is 799 g/mol. The summed E-state index contributed by atoms with van der Waals surface area (Å²) in [7, 11) is -7.67. The summed E-state index contributed by atoms with van der Waals surface area (Å²) in [6.07, 6.45) is 41.3. The van der Waals surface area contributed by atoms with Crippen LogP contribution in [0, 0.1) is 0 Å². The van der Waals surface area contributed by atoms with Crippen molar-refractivity contribution in [1.82, 2.24) is 0 Å². The molecule has 302 valence electrons. The maximum atomic E-state index is 11.3. The Labute approximate surface area is 368 Å². The number of unbranched alkanes of at least 4 members (excludes halogenated alkanes) is 28. The largest absolute Gasteiger partial charge is 0.400 e. The zero-order chi connectivity index (χ0) is 37.3. The molecule has 0 aliphatic carbocycles. The van der Waals surface area contributed by atoms with E-state index in [1.165, 1.54) is 166 Å². The zero-order valence-electron chi connectivity index (χ0n) is 34.7. The smallest absolute Gasteiger partial charge is 0.248 e. The van der Waals surface area contributed by atoms with Crippen LogP contribution in [0.5, 0.6) is 0 Å². The summed E-state index contributed by atoms with van der Waals surface area (Å²) in [6, 6.07) is 0. The molecule has 0 saturated heterocycles. The number of rotatable bonds is 40. The molecule has 52 heavy (non-hydrogen) atoms. The van der Waals surface area contributed by atoms with Crippen LogP contribution in [0.25, 0.3) is 0 Å². The fourth-order valence-corrected chi connectivity index (χ4v) is 6.91. The van der Waals surface area contributed by atoms with E-state index in [0.717, 1.165) is 38.5 Å². The van der Waals surface area contributed by atoms with E-state index in [-0.39, 0.29) is 85.5 Å². The second kappa shape index (κ2) is 48.4. The van der Waals surface area contributed by atoms with Crippen molar-refractivity contribution in [3.05, 3.63) is 25.3 Å². The third kappa shape index (κ3) is 53.3. The van der Waals surface area contributed by atoms with Crippen LogP contribution in [0.2, 0.25) is 0 Å².